The highest BCUT2D eigenvalue weighted by Crippen LogP contribution is 2.29. The molecule has 0 radical (unpaired) electrons. The van der Waals surface area contributed by atoms with Crippen LogP contribution in [-0.4, -0.2) is 11.9 Å². The van der Waals surface area contributed by atoms with E-state index in [1.165, 1.54) is 5.56 Å². The maximum Gasteiger partial charge on any atom is 0.0717 e. The van der Waals surface area contributed by atoms with Gasteiger partial charge in [0, 0.05) is 15.2 Å². The Morgan fingerprint density at radius 1 is 1.24 bits per heavy atom. The lowest BCUT2D eigenvalue weighted by atomic mass is 9.86. The van der Waals surface area contributed by atoms with Gasteiger partial charge in [0.05, 0.1) is 13.2 Å². The monoisotopic (exact) mass is 362 g/mol. The van der Waals surface area contributed by atoms with Gasteiger partial charge in [-0.15, -0.1) is 0 Å². The molecule has 1 rings (SSSR count). The summed E-state index contributed by atoms with van der Waals surface area (Å²) >= 11 is 7.08. The maximum absolute atomic E-state index is 5.86. The molecule has 1 nitrogen and oxygen atoms in total. The number of halogens is 2. The van der Waals surface area contributed by atoms with E-state index in [2.05, 4.69) is 57.8 Å². The van der Waals surface area contributed by atoms with Crippen LogP contribution in [0.4, 0.5) is 0 Å². The smallest absolute Gasteiger partial charge is 0.0717 e. The number of ether oxygens (including phenoxy) is 1. The summed E-state index contributed by atoms with van der Waals surface area (Å²) < 4.78 is 6.97. The fraction of sp³-hybridized carbons (Fsp3) is 0.571. The van der Waals surface area contributed by atoms with Gasteiger partial charge in [-0.2, -0.15) is 0 Å². The standard InChI is InChI=1S/C14H20Br2O/c1-3-14(4-2,10-15)11-17-9-12-6-5-7-13(16)8-12/h5-8H,3-4,9-11H2,1-2H3. The molecule has 0 N–H and O–H groups in total. The summed E-state index contributed by atoms with van der Waals surface area (Å²) in [6.07, 6.45) is 2.29. The van der Waals surface area contributed by atoms with Crippen molar-refractivity contribution in [1.29, 1.82) is 0 Å². The summed E-state index contributed by atoms with van der Waals surface area (Å²) in [6, 6.07) is 8.27. The summed E-state index contributed by atoms with van der Waals surface area (Å²) in [7, 11) is 0. The Balaban J connectivity index is 2.46. The third-order valence-corrected chi connectivity index (χ3v) is 5.03. The van der Waals surface area contributed by atoms with Gasteiger partial charge in [0.2, 0.25) is 0 Å². The molecule has 1 aromatic rings. The first-order valence-electron chi connectivity index (χ1n) is 6.04. The first-order chi connectivity index (χ1) is 8.15. The Morgan fingerprint density at radius 2 is 1.94 bits per heavy atom. The topological polar surface area (TPSA) is 9.23 Å². The second-order valence-electron chi connectivity index (χ2n) is 4.46. The molecule has 17 heavy (non-hydrogen) atoms. The number of benzene rings is 1. The Morgan fingerprint density at radius 3 is 2.47 bits per heavy atom. The lowest BCUT2D eigenvalue weighted by Gasteiger charge is -2.29. The third kappa shape index (κ3) is 4.72. The van der Waals surface area contributed by atoms with Crippen LogP contribution in [0.25, 0.3) is 0 Å². The van der Waals surface area contributed by atoms with Gasteiger partial charge in [0.1, 0.15) is 0 Å². The molecule has 3 heteroatoms. The van der Waals surface area contributed by atoms with E-state index < -0.39 is 0 Å². The minimum Gasteiger partial charge on any atom is -0.376 e. The zero-order valence-electron chi connectivity index (χ0n) is 10.5. The van der Waals surface area contributed by atoms with Crippen molar-refractivity contribution in [1.82, 2.24) is 0 Å². The lowest BCUT2D eigenvalue weighted by molar-refractivity contribution is 0.0412. The van der Waals surface area contributed by atoms with Crippen LogP contribution in [0.15, 0.2) is 28.7 Å². The van der Waals surface area contributed by atoms with E-state index >= 15 is 0 Å². The molecule has 0 unspecified atom stereocenters. The van der Waals surface area contributed by atoms with Crippen molar-refractivity contribution in [3.8, 4) is 0 Å². The van der Waals surface area contributed by atoms with Crippen molar-refractivity contribution >= 4 is 31.9 Å². The Kier molecular flexibility index (Phi) is 6.75. The van der Waals surface area contributed by atoms with Crippen molar-refractivity contribution in [3.05, 3.63) is 34.3 Å². The van der Waals surface area contributed by atoms with Gasteiger partial charge in [0.15, 0.2) is 0 Å². The van der Waals surface area contributed by atoms with E-state index in [1.54, 1.807) is 0 Å². The number of rotatable bonds is 7. The SMILES string of the molecule is CCC(CC)(CBr)COCc1cccc(Br)c1. The van der Waals surface area contributed by atoms with Crippen LogP contribution >= 0.6 is 31.9 Å². The van der Waals surface area contributed by atoms with E-state index in [0.29, 0.717) is 6.61 Å². The lowest BCUT2D eigenvalue weighted by Crippen LogP contribution is -2.27. The molecule has 0 saturated heterocycles. The molecule has 96 valence electrons. The average Bonchev–Trinajstić information content (AvgIpc) is 2.35. The predicted octanol–water partition coefficient (Wildman–Crippen LogP) is 5.17. The quantitative estimate of drug-likeness (QED) is 0.607. The van der Waals surface area contributed by atoms with Gasteiger partial charge >= 0.3 is 0 Å². The average molecular weight is 364 g/mol. The fourth-order valence-electron chi connectivity index (χ4n) is 1.69. The van der Waals surface area contributed by atoms with Gasteiger partial charge in [0.25, 0.3) is 0 Å². The fourth-order valence-corrected chi connectivity index (χ4v) is 3.10. The van der Waals surface area contributed by atoms with Crippen LogP contribution in [0, 0.1) is 5.41 Å². The molecule has 0 heterocycles. The van der Waals surface area contributed by atoms with E-state index in [4.69, 9.17) is 4.74 Å². The first kappa shape index (κ1) is 15.2. The highest BCUT2D eigenvalue weighted by atomic mass is 79.9. The summed E-state index contributed by atoms with van der Waals surface area (Å²) in [4.78, 5) is 0. The van der Waals surface area contributed by atoms with Crippen LogP contribution in [0.2, 0.25) is 0 Å². The van der Waals surface area contributed by atoms with E-state index in [1.807, 2.05) is 12.1 Å². The number of hydrogen-bond acceptors (Lipinski definition) is 1. The van der Waals surface area contributed by atoms with Gasteiger partial charge in [-0.3, -0.25) is 0 Å². The van der Waals surface area contributed by atoms with Crippen LogP contribution in [0.5, 0.6) is 0 Å². The highest BCUT2D eigenvalue weighted by Gasteiger charge is 2.24. The Labute approximate surface area is 121 Å². The van der Waals surface area contributed by atoms with Crippen molar-refractivity contribution < 1.29 is 4.74 Å². The molecule has 0 fully saturated rings. The van der Waals surface area contributed by atoms with Crippen molar-refractivity contribution in [2.45, 2.75) is 33.3 Å². The molecule has 0 aromatic heterocycles. The largest absolute Gasteiger partial charge is 0.376 e. The molecule has 0 amide bonds. The molecule has 0 atom stereocenters. The molecule has 0 aliphatic heterocycles. The Bertz CT molecular complexity index is 326. The normalized spacial score (nSPS) is 11.8. The van der Waals surface area contributed by atoms with Gasteiger partial charge in [-0.25, -0.2) is 0 Å². The molecule has 0 spiro atoms. The Hall–Kier alpha value is 0.140. The van der Waals surface area contributed by atoms with Crippen LogP contribution in [-0.2, 0) is 11.3 Å². The van der Waals surface area contributed by atoms with Crippen molar-refractivity contribution in [2.24, 2.45) is 5.41 Å². The number of alkyl halides is 1. The van der Waals surface area contributed by atoms with Gasteiger partial charge in [-0.05, 0) is 30.5 Å². The molecule has 0 saturated carbocycles. The predicted molar refractivity (Wildman–Crippen MR) is 80.6 cm³/mol. The van der Waals surface area contributed by atoms with E-state index in [0.717, 1.165) is 29.3 Å². The zero-order valence-corrected chi connectivity index (χ0v) is 13.7. The van der Waals surface area contributed by atoms with E-state index in [-0.39, 0.29) is 5.41 Å². The summed E-state index contributed by atoms with van der Waals surface area (Å²) in [6.45, 7) is 5.96. The van der Waals surface area contributed by atoms with Gasteiger partial charge in [-0.1, -0.05) is 57.8 Å². The van der Waals surface area contributed by atoms with Crippen LogP contribution in [0.1, 0.15) is 32.3 Å². The molecule has 0 aliphatic carbocycles. The van der Waals surface area contributed by atoms with Crippen LogP contribution < -0.4 is 0 Å². The molecule has 0 aliphatic rings. The summed E-state index contributed by atoms with van der Waals surface area (Å²) in [5, 5.41) is 1.01. The number of hydrogen-bond donors (Lipinski definition) is 0. The zero-order chi connectivity index (χ0) is 12.7. The van der Waals surface area contributed by atoms with E-state index in [9.17, 15) is 0 Å². The first-order valence-corrected chi connectivity index (χ1v) is 7.95. The second-order valence-corrected chi connectivity index (χ2v) is 5.94. The molecule has 1 aromatic carbocycles. The second kappa shape index (κ2) is 7.55. The van der Waals surface area contributed by atoms with Crippen molar-refractivity contribution in [3.63, 3.8) is 0 Å². The summed E-state index contributed by atoms with van der Waals surface area (Å²) in [5.41, 5.74) is 1.50. The third-order valence-electron chi connectivity index (χ3n) is 3.35. The summed E-state index contributed by atoms with van der Waals surface area (Å²) in [5.74, 6) is 0. The minimum absolute atomic E-state index is 0.284. The highest BCUT2D eigenvalue weighted by molar-refractivity contribution is 9.10. The van der Waals surface area contributed by atoms with Crippen molar-refractivity contribution in [2.75, 3.05) is 11.9 Å². The maximum atomic E-state index is 5.86. The van der Waals surface area contributed by atoms with Gasteiger partial charge < -0.3 is 4.74 Å². The molecular weight excluding hydrogens is 344 g/mol. The molecule has 0 bridgehead atoms. The molecular formula is C14H20Br2O. The minimum atomic E-state index is 0.284. The van der Waals surface area contributed by atoms with Crippen LogP contribution in [0.3, 0.4) is 0 Å².